The molecule has 8 nitrogen and oxygen atoms in total. The summed E-state index contributed by atoms with van der Waals surface area (Å²) in [6, 6.07) is 10.2. The Morgan fingerprint density at radius 1 is 1.03 bits per heavy atom. The fourth-order valence-electron chi connectivity index (χ4n) is 3.66. The highest BCUT2D eigenvalue weighted by atomic mass is 32.2. The molecule has 5 rings (SSSR count). The molecule has 2 aliphatic heterocycles. The second-order valence-corrected chi connectivity index (χ2v) is 9.11. The van der Waals surface area contributed by atoms with E-state index in [1.807, 2.05) is 0 Å². The number of aromatic nitrogens is 2. The number of nitrogens with zero attached hydrogens (tertiary/aromatic N) is 3. The molecular formula is C20H18FN3O5S. The monoisotopic (exact) mass is 431 g/mol. The minimum Gasteiger partial charge on any atom is -0.454 e. The average molecular weight is 431 g/mol. The van der Waals surface area contributed by atoms with Gasteiger partial charge in [0, 0.05) is 18.7 Å². The largest absolute Gasteiger partial charge is 0.454 e. The zero-order valence-electron chi connectivity index (χ0n) is 15.8. The lowest BCUT2D eigenvalue weighted by Gasteiger charge is -2.30. The van der Waals surface area contributed by atoms with Crippen molar-refractivity contribution >= 4 is 10.0 Å². The van der Waals surface area contributed by atoms with Gasteiger partial charge in [-0.3, -0.25) is 0 Å². The lowest BCUT2D eigenvalue weighted by atomic mass is 10.00. The highest BCUT2D eigenvalue weighted by molar-refractivity contribution is 7.89. The van der Waals surface area contributed by atoms with E-state index in [9.17, 15) is 12.8 Å². The minimum atomic E-state index is -3.73. The molecule has 3 aromatic rings. The fourth-order valence-corrected chi connectivity index (χ4v) is 5.19. The number of sulfonamides is 1. The van der Waals surface area contributed by atoms with Crippen LogP contribution in [0.4, 0.5) is 4.39 Å². The number of ether oxygens (including phenoxy) is 2. The Bertz CT molecular complexity index is 1180. The second kappa shape index (κ2) is 7.37. The van der Waals surface area contributed by atoms with Crippen LogP contribution >= 0.6 is 0 Å². The molecule has 0 N–H and O–H groups in total. The molecular weight excluding hydrogens is 413 g/mol. The lowest BCUT2D eigenvalue weighted by molar-refractivity contribution is 0.174. The van der Waals surface area contributed by atoms with E-state index in [-0.39, 0.29) is 24.2 Å². The summed E-state index contributed by atoms with van der Waals surface area (Å²) in [6.07, 6.45) is 1.39. The van der Waals surface area contributed by atoms with Crippen LogP contribution < -0.4 is 9.47 Å². The van der Waals surface area contributed by atoms with Crippen LogP contribution in [0.3, 0.4) is 0 Å². The molecule has 0 aliphatic carbocycles. The van der Waals surface area contributed by atoms with Gasteiger partial charge in [-0.2, -0.15) is 4.31 Å². The molecule has 30 heavy (non-hydrogen) atoms. The third kappa shape index (κ3) is 3.41. The van der Waals surface area contributed by atoms with Crippen molar-refractivity contribution in [2.75, 3.05) is 19.9 Å². The molecule has 0 amide bonds. The van der Waals surface area contributed by atoms with E-state index < -0.39 is 15.8 Å². The first kappa shape index (κ1) is 19.0. The van der Waals surface area contributed by atoms with Gasteiger partial charge in [0.15, 0.2) is 11.5 Å². The topological polar surface area (TPSA) is 94.8 Å². The van der Waals surface area contributed by atoms with Gasteiger partial charge in [-0.1, -0.05) is 0 Å². The molecule has 10 heteroatoms. The van der Waals surface area contributed by atoms with Crippen molar-refractivity contribution in [2.45, 2.75) is 23.7 Å². The molecule has 1 atom stereocenters. The van der Waals surface area contributed by atoms with Gasteiger partial charge in [0.2, 0.25) is 28.6 Å². The first-order chi connectivity index (χ1) is 14.5. The summed E-state index contributed by atoms with van der Waals surface area (Å²) in [5.41, 5.74) is 0.699. The van der Waals surface area contributed by atoms with Gasteiger partial charge in [0.25, 0.3) is 0 Å². The van der Waals surface area contributed by atoms with Gasteiger partial charge in [-0.15, -0.1) is 10.2 Å². The van der Waals surface area contributed by atoms with Crippen LogP contribution in [0.15, 0.2) is 51.8 Å². The minimum absolute atomic E-state index is 0.0659. The van der Waals surface area contributed by atoms with E-state index in [0.29, 0.717) is 41.8 Å². The summed E-state index contributed by atoms with van der Waals surface area (Å²) in [4.78, 5) is 0.0659. The van der Waals surface area contributed by atoms with Crippen molar-refractivity contribution in [2.24, 2.45) is 0 Å². The van der Waals surface area contributed by atoms with Gasteiger partial charge in [-0.25, -0.2) is 12.8 Å². The van der Waals surface area contributed by atoms with Crippen LogP contribution in [0.5, 0.6) is 11.5 Å². The summed E-state index contributed by atoms with van der Waals surface area (Å²) in [5.74, 6) is 1.30. The zero-order chi connectivity index (χ0) is 20.7. The van der Waals surface area contributed by atoms with Gasteiger partial charge in [-0.05, 0) is 55.3 Å². The maximum atomic E-state index is 13.2. The normalized spacial score (nSPS) is 19.2. The molecule has 0 saturated carbocycles. The molecule has 2 aromatic carbocycles. The molecule has 1 fully saturated rings. The summed E-state index contributed by atoms with van der Waals surface area (Å²) in [7, 11) is -3.73. The van der Waals surface area contributed by atoms with E-state index >= 15 is 0 Å². The third-order valence-electron chi connectivity index (χ3n) is 5.24. The average Bonchev–Trinajstić information content (AvgIpc) is 3.43. The molecule has 156 valence electrons. The van der Waals surface area contributed by atoms with Crippen molar-refractivity contribution in [3.8, 4) is 23.0 Å². The second-order valence-electron chi connectivity index (χ2n) is 7.17. The quantitative estimate of drug-likeness (QED) is 0.626. The van der Waals surface area contributed by atoms with E-state index in [4.69, 9.17) is 13.9 Å². The zero-order valence-corrected chi connectivity index (χ0v) is 16.6. The lowest BCUT2D eigenvalue weighted by Crippen LogP contribution is -2.39. The number of rotatable bonds is 4. The van der Waals surface area contributed by atoms with E-state index in [2.05, 4.69) is 10.2 Å². The van der Waals surface area contributed by atoms with Crippen molar-refractivity contribution in [1.82, 2.24) is 14.5 Å². The van der Waals surface area contributed by atoms with Gasteiger partial charge >= 0.3 is 0 Å². The predicted molar refractivity (Wildman–Crippen MR) is 103 cm³/mol. The van der Waals surface area contributed by atoms with Crippen molar-refractivity contribution < 1.29 is 26.7 Å². The van der Waals surface area contributed by atoms with Gasteiger partial charge in [0.05, 0.1) is 10.8 Å². The Kier molecular flexibility index (Phi) is 4.67. The molecule has 2 aliphatic rings. The van der Waals surface area contributed by atoms with Crippen LogP contribution in [0, 0.1) is 5.82 Å². The highest BCUT2D eigenvalue weighted by Crippen LogP contribution is 2.36. The third-order valence-corrected chi connectivity index (χ3v) is 7.12. The molecule has 1 unspecified atom stereocenters. The first-order valence-electron chi connectivity index (χ1n) is 9.50. The van der Waals surface area contributed by atoms with E-state index in [1.165, 1.54) is 16.4 Å². The Labute approximate surface area is 172 Å². The summed E-state index contributed by atoms with van der Waals surface area (Å²) < 4.78 is 56.9. The summed E-state index contributed by atoms with van der Waals surface area (Å²) in [6.45, 7) is 0.788. The van der Waals surface area contributed by atoms with E-state index in [1.54, 1.807) is 18.2 Å². The van der Waals surface area contributed by atoms with Gasteiger partial charge < -0.3 is 13.9 Å². The summed E-state index contributed by atoms with van der Waals surface area (Å²) >= 11 is 0. The summed E-state index contributed by atoms with van der Waals surface area (Å²) in [5, 5.41) is 8.27. The molecule has 0 radical (unpaired) electrons. The number of hydrogen-bond donors (Lipinski definition) is 0. The Morgan fingerprint density at radius 3 is 2.67 bits per heavy atom. The van der Waals surface area contributed by atoms with Crippen LogP contribution in [-0.4, -0.2) is 42.8 Å². The number of piperidine rings is 1. The SMILES string of the molecule is O=S(=O)(c1ccc(F)cc1)N1CCCC(c2nnc(-c3ccc4c(c3)OCO4)o2)C1. The maximum absolute atomic E-state index is 13.2. The predicted octanol–water partition coefficient (Wildman–Crippen LogP) is 3.17. The Morgan fingerprint density at radius 2 is 1.83 bits per heavy atom. The van der Waals surface area contributed by atoms with Crippen molar-refractivity contribution in [1.29, 1.82) is 0 Å². The molecule has 0 spiro atoms. The van der Waals surface area contributed by atoms with Crippen molar-refractivity contribution in [3.05, 3.63) is 54.2 Å². The van der Waals surface area contributed by atoms with Crippen LogP contribution in [0.25, 0.3) is 11.5 Å². The first-order valence-corrected chi connectivity index (χ1v) is 10.9. The van der Waals surface area contributed by atoms with Crippen LogP contribution in [0.1, 0.15) is 24.7 Å². The number of benzene rings is 2. The Balaban J connectivity index is 1.36. The number of hydrogen-bond acceptors (Lipinski definition) is 7. The molecule has 0 bridgehead atoms. The highest BCUT2D eigenvalue weighted by Gasteiger charge is 2.33. The maximum Gasteiger partial charge on any atom is 0.247 e. The van der Waals surface area contributed by atoms with Crippen LogP contribution in [-0.2, 0) is 10.0 Å². The smallest absolute Gasteiger partial charge is 0.247 e. The number of halogens is 1. The molecule has 3 heterocycles. The standard InChI is InChI=1S/C20H18FN3O5S/c21-15-4-6-16(7-5-15)30(25,26)24-9-1-2-14(11-24)20-23-22-19(29-20)13-3-8-17-18(10-13)28-12-27-17/h3-8,10,14H,1-2,9,11-12H2. The van der Waals surface area contributed by atoms with Crippen LogP contribution in [0.2, 0.25) is 0 Å². The Hall–Kier alpha value is -2.98. The number of fused-ring (bicyclic) bond motifs is 1. The van der Waals surface area contributed by atoms with Gasteiger partial charge in [0.1, 0.15) is 5.82 Å². The van der Waals surface area contributed by atoms with Crippen molar-refractivity contribution in [3.63, 3.8) is 0 Å². The molecule has 1 saturated heterocycles. The van der Waals surface area contributed by atoms with E-state index in [0.717, 1.165) is 18.6 Å². The fraction of sp³-hybridized carbons (Fsp3) is 0.300. The molecule has 1 aromatic heterocycles.